The SMILES string of the molecule is Cc1ncccc1C(=O)Nc1ccc(Cl)cc1C(=O)NC1CC1. The van der Waals surface area contributed by atoms with Crippen molar-refractivity contribution in [1.29, 1.82) is 0 Å². The van der Waals surface area contributed by atoms with Gasteiger partial charge in [0.2, 0.25) is 0 Å². The highest BCUT2D eigenvalue weighted by atomic mass is 35.5. The molecule has 23 heavy (non-hydrogen) atoms. The largest absolute Gasteiger partial charge is 0.349 e. The van der Waals surface area contributed by atoms with Crippen molar-refractivity contribution in [3.8, 4) is 0 Å². The van der Waals surface area contributed by atoms with Crippen molar-refractivity contribution in [2.24, 2.45) is 0 Å². The maximum absolute atomic E-state index is 12.4. The standard InChI is InChI=1S/C17H16ClN3O2/c1-10-13(3-2-8-19-10)16(22)21-15-7-4-11(18)9-14(15)17(23)20-12-5-6-12/h2-4,7-9,12H,5-6H2,1H3,(H,20,23)(H,21,22). The number of benzene rings is 1. The van der Waals surface area contributed by atoms with E-state index in [4.69, 9.17) is 11.6 Å². The van der Waals surface area contributed by atoms with Crippen LogP contribution in [0, 0.1) is 6.92 Å². The summed E-state index contributed by atoms with van der Waals surface area (Å²) < 4.78 is 0. The summed E-state index contributed by atoms with van der Waals surface area (Å²) in [6.45, 7) is 1.76. The Hall–Kier alpha value is -2.40. The van der Waals surface area contributed by atoms with E-state index >= 15 is 0 Å². The predicted octanol–water partition coefficient (Wildman–Crippen LogP) is 3.19. The quantitative estimate of drug-likeness (QED) is 0.905. The molecule has 1 saturated carbocycles. The first-order chi connectivity index (χ1) is 11.0. The number of aromatic nitrogens is 1. The highest BCUT2D eigenvalue weighted by Crippen LogP contribution is 2.24. The summed E-state index contributed by atoms with van der Waals surface area (Å²) >= 11 is 5.99. The number of rotatable bonds is 4. The minimum atomic E-state index is -0.307. The summed E-state index contributed by atoms with van der Waals surface area (Å²) in [5.41, 5.74) is 1.89. The lowest BCUT2D eigenvalue weighted by Crippen LogP contribution is -2.27. The highest BCUT2D eigenvalue weighted by Gasteiger charge is 2.25. The van der Waals surface area contributed by atoms with E-state index in [1.165, 1.54) is 0 Å². The molecule has 1 fully saturated rings. The molecule has 0 spiro atoms. The van der Waals surface area contributed by atoms with E-state index in [2.05, 4.69) is 15.6 Å². The monoisotopic (exact) mass is 329 g/mol. The first-order valence-corrected chi connectivity index (χ1v) is 7.76. The molecule has 1 aromatic heterocycles. The molecule has 1 heterocycles. The van der Waals surface area contributed by atoms with E-state index in [9.17, 15) is 9.59 Å². The maximum Gasteiger partial charge on any atom is 0.257 e. The Morgan fingerprint density at radius 2 is 1.96 bits per heavy atom. The summed E-state index contributed by atoms with van der Waals surface area (Å²) in [7, 11) is 0. The van der Waals surface area contributed by atoms with E-state index in [0.717, 1.165) is 12.8 Å². The number of aryl methyl sites for hydroxylation is 1. The molecule has 1 aliphatic rings. The summed E-state index contributed by atoms with van der Waals surface area (Å²) in [5.74, 6) is -0.536. The van der Waals surface area contributed by atoms with E-state index in [-0.39, 0.29) is 17.9 Å². The average Bonchev–Trinajstić information content (AvgIpc) is 3.33. The van der Waals surface area contributed by atoms with Gasteiger partial charge in [-0.1, -0.05) is 11.6 Å². The Labute approximate surface area is 139 Å². The van der Waals surface area contributed by atoms with Crippen LogP contribution in [0.1, 0.15) is 39.3 Å². The number of carbonyl (C=O) groups is 2. The van der Waals surface area contributed by atoms with Crippen LogP contribution in [0.15, 0.2) is 36.5 Å². The zero-order valence-corrected chi connectivity index (χ0v) is 13.4. The second-order valence-corrected chi connectivity index (χ2v) is 5.96. The number of hydrogen-bond acceptors (Lipinski definition) is 3. The zero-order valence-electron chi connectivity index (χ0n) is 12.6. The third kappa shape index (κ3) is 3.68. The van der Waals surface area contributed by atoms with Crippen LogP contribution in [0.5, 0.6) is 0 Å². The van der Waals surface area contributed by atoms with Gasteiger partial charge in [-0.3, -0.25) is 14.6 Å². The number of amides is 2. The summed E-state index contributed by atoms with van der Waals surface area (Å²) in [4.78, 5) is 28.8. The lowest BCUT2D eigenvalue weighted by Gasteiger charge is -2.12. The van der Waals surface area contributed by atoms with E-state index in [0.29, 0.717) is 27.5 Å². The Balaban J connectivity index is 1.85. The normalized spacial score (nSPS) is 13.5. The van der Waals surface area contributed by atoms with Crippen LogP contribution >= 0.6 is 11.6 Å². The van der Waals surface area contributed by atoms with Crippen molar-refractivity contribution in [1.82, 2.24) is 10.3 Å². The molecule has 2 N–H and O–H groups in total. The van der Waals surface area contributed by atoms with Crippen molar-refractivity contribution < 1.29 is 9.59 Å². The number of nitrogens with zero attached hydrogens (tertiary/aromatic N) is 1. The second kappa shape index (κ2) is 6.38. The molecule has 0 radical (unpaired) electrons. The van der Waals surface area contributed by atoms with Gasteiger partial charge in [0.05, 0.1) is 16.8 Å². The Bertz CT molecular complexity index is 772. The van der Waals surface area contributed by atoms with Crippen LogP contribution in [-0.4, -0.2) is 22.8 Å². The molecule has 2 aromatic rings. The summed E-state index contributed by atoms with van der Waals surface area (Å²) in [6, 6.07) is 8.45. The van der Waals surface area contributed by atoms with Gasteiger partial charge in [-0.15, -0.1) is 0 Å². The molecule has 0 atom stereocenters. The summed E-state index contributed by atoms with van der Waals surface area (Å²) in [5, 5.41) is 6.12. The van der Waals surface area contributed by atoms with Gasteiger partial charge >= 0.3 is 0 Å². The van der Waals surface area contributed by atoms with Crippen molar-refractivity contribution >= 4 is 29.1 Å². The Kier molecular flexibility index (Phi) is 4.30. The van der Waals surface area contributed by atoms with Crippen LogP contribution in [0.3, 0.4) is 0 Å². The number of nitrogens with one attached hydrogen (secondary N) is 2. The molecule has 1 aromatic carbocycles. The van der Waals surface area contributed by atoms with Gasteiger partial charge in [-0.2, -0.15) is 0 Å². The Morgan fingerprint density at radius 1 is 1.17 bits per heavy atom. The van der Waals surface area contributed by atoms with Crippen LogP contribution in [0.2, 0.25) is 5.02 Å². The average molecular weight is 330 g/mol. The second-order valence-electron chi connectivity index (χ2n) is 5.53. The lowest BCUT2D eigenvalue weighted by atomic mass is 10.1. The minimum Gasteiger partial charge on any atom is -0.349 e. The van der Waals surface area contributed by atoms with Gasteiger partial charge in [0.1, 0.15) is 0 Å². The fourth-order valence-corrected chi connectivity index (χ4v) is 2.39. The van der Waals surface area contributed by atoms with Crippen molar-refractivity contribution in [2.45, 2.75) is 25.8 Å². The third-order valence-electron chi connectivity index (χ3n) is 3.64. The molecule has 5 nitrogen and oxygen atoms in total. The molecule has 0 saturated heterocycles. The Morgan fingerprint density at radius 3 is 2.65 bits per heavy atom. The van der Waals surface area contributed by atoms with Gasteiger partial charge < -0.3 is 10.6 Å². The molecule has 2 amide bonds. The molecule has 1 aliphatic carbocycles. The molecule has 118 valence electrons. The predicted molar refractivity (Wildman–Crippen MR) is 88.9 cm³/mol. The number of pyridine rings is 1. The van der Waals surface area contributed by atoms with Gasteiger partial charge in [0, 0.05) is 23.0 Å². The van der Waals surface area contributed by atoms with Crippen LogP contribution < -0.4 is 10.6 Å². The van der Waals surface area contributed by atoms with Gasteiger partial charge in [0.25, 0.3) is 11.8 Å². The first kappa shape index (κ1) is 15.5. The fourth-order valence-electron chi connectivity index (χ4n) is 2.22. The first-order valence-electron chi connectivity index (χ1n) is 7.38. The fraction of sp³-hybridized carbons (Fsp3) is 0.235. The van der Waals surface area contributed by atoms with Crippen molar-refractivity contribution in [3.63, 3.8) is 0 Å². The molecular formula is C17H16ClN3O2. The van der Waals surface area contributed by atoms with Crippen molar-refractivity contribution in [3.05, 3.63) is 58.4 Å². The zero-order chi connectivity index (χ0) is 16.4. The maximum atomic E-state index is 12.4. The topological polar surface area (TPSA) is 71.1 Å². The van der Waals surface area contributed by atoms with Gasteiger partial charge in [0.15, 0.2) is 0 Å². The molecule has 6 heteroatoms. The van der Waals surface area contributed by atoms with Gasteiger partial charge in [-0.25, -0.2) is 0 Å². The van der Waals surface area contributed by atoms with Crippen molar-refractivity contribution in [2.75, 3.05) is 5.32 Å². The van der Waals surface area contributed by atoms with E-state index < -0.39 is 0 Å². The molecule has 3 rings (SSSR count). The number of hydrogen-bond donors (Lipinski definition) is 2. The number of halogens is 1. The van der Waals surface area contributed by atoms with Crippen LogP contribution in [0.4, 0.5) is 5.69 Å². The van der Waals surface area contributed by atoms with Gasteiger partial charge in [-0.05, 0) is 50.1 Å². The minimum absolute atomic E-state index is 0.227. The molecular weight excluding hydrogens is 314 g/mol. The smallest absolute Gasteiger partial charge is 0.257 e. The number of anilines is 1. The van der Waals surface area contributed by atoms with E-state index in [1.54, 1.807) is 43.5 Å². The third-order valence-corrected chi connectivity index (χ3v) is 3.87. The summed E-state index contributed by atoms with van der Waals surface area (Å²) in [6.07, 6.45) is 3.61. The molecule has 0 bridgehead atoms. The van der Waals surface area contributed by atoms with E-state index in [1.807, 2.05) is 0 Å². The molecule has 0 aliphatic heterocycles. The van der Waals surface area contributed by atoms with Crippen LogP contribution in [0.25, 0.3) is 0 Å². The highest BCUT2D eigenvalue weighted by molar-refractivity contribution is 6.31. The van der Waals surface area contributed by atoms with Crippen LogP contribution in [-0.2, 0) is 0 Å². The molecule has 0 unspecified atom stereocenters. The number of carbonyl (C=O) groups excluding carboxylic acids is 2. The lowest BCUT2D eigenvalue weighted by molar-refractivity contribution is 0.0952.